The van der Waals surface area contributed by atoms with Crippen LogP contribution in [0.2, 0.25) is 0 Å². The van der Waals surface area contributed by atoms with Crippen LogP contribution in [-0.2, 0) is 4.74 Å². The van der Waals surface area contributed by atoms with E-state index >= 15 is 0 Å². The summed E-state index contributed by atoms with van der Waals surface area (Å²) in [5.41, 5.74) is 0.663. The molecule has 0 saturated heterocycles. The van der Waals surface area contributed by atoms with Gasteiger partial charge in [0.05, 0.1) is 18.8 Å². The highest BCUT2D eigenvalue weighted by Crippen LogP contribution is 2.17. The molecule has 0 aliphatic rings. The number of methoxy groups -OCH3 is 1. The van der Waals surface area contributed by atoms with Crippen LogP contribution in [0.1, 0.15) is 32.4 Å². The van der Waals surface area contributed by atoms with Crippen molar-refractivity contribution in [3.8, 4) is 5.75 Å². The molecule has 19 heavy (non-hydrogen) atoms. The summed E-state index contributed by atoms with van der Waals surface area (Å²) in [6.45, 7) is 7.94. The maximum atomic E-state index is 10.1. The standard InChI is InChI=1S/C15H25NO3/c1-5-19-15(2,3)11-16-10-14(17)12-6-8-13(18-4)9-7-12/h6-9,14,16-17H,5,10-11H2,1-4H3. The van der Waals surface area contributed by atoms with Gasteiger partial charge in [-0.2, -0.15) is 0 Å². The maximum absolute atomic E-state index is 10.1. The third kappa shape index (κ3) is 5.59. The molecular weight excluding hydrogens is 242 g/mol. The molecule has 108 valence electrons. The quantitative estimate of drug-likeness (QED) is 0.757. The number of aliphatic hydroxyl groups is 1. The van der Waals surface area contributed by atoms with Crippen LogP contribution < -0.4 is 10.1 Å². The summed E-state index contributed by atoms with van der Waals surface area (Å²) in [5.74, 6) is 0.793. The van der Waals surface area contributed by atoms with E-state index in [0.29, 0.717) is 19.7 Å². The number of rotatable bonds is 8. The average molecular weight is 267 g/mol. The molecule has 0 bridgehead atoms. The molecule has 0 aliphatic carbocycles. The topological polar surface area (TPSA) is 50.7 Å². The van der Waals surface area contributed by atoms with E-state index in [9.17, 15) is 5.11 Å². The van der Waals surface area contributed by atoms with Gasteiger partial charge >= 0.3 is 0 Å². The van der Waals surface area contributed by atoms with Crippen molar-refractivity contribution in [1.29, 1.82) is 0 Å². The van der Waals surface area contributed by atoms with Crippen molar-refractivity contribution in [2.45, 2.75) is 32.5 Å². The number of hydrogen-bond donors (Lipinski definition) is 2. The van der Waals surface area contributed by atoms with Crippen LogP contribution in [0, 0.1) is 0 Å². The smallest absolute Gasteiger partial charge is 0.118 e. The summed E-state index contributed by atoms with van der Waals surface area (Å²) in [6.07, 6.45) is -0.525. The highest BCUT2D eigenvalue weighted by Gasteiger charge is 2.17. The lowest BCUT2D eigenvalue weighted by Gasteiger charge is -2.25. The normalized spacial score (nSPS) is 13.3. The first-order chi connectivity index (χ1) is 8.98. The monoisotopic (exact) mass is 267 g/mol. The molecule has 0 aromatic heterocycles. The Morgan fingerprint density at radius 2 is 1.89 bits per heavy atom. The molecule has 4 nitrogen and oxygen atoms in total. The van der Waals surface area contributed by atoms with Gasteiger partial charge in [-0.3, -0.25) is 0 Å². The number of benzene rings is 1. The molecular formula is C15H25NO3. The predicted octanol–water partition coefficient (Wildman–Crippen LogP) is 2.13. The second-order valence-electron chi connectivity index (χ2n) is 5.11. The second kappa shape index (κ2) is 7.48. The Morgan fingerprint density at radius 3 is 2.42 bits per heavy atom. The maximum Gasteiger partial charge on any atom is 0.118 e. The third-order valence-electron chi connectivity index (χ3n) is 2.92. The molecule has 1 atom stereocenters. The molecule has 1 aromatic rings. The molecule has 0 amide bonds. The predicted molar refractivity (Wildman–Crippen MR) is 76.5 cm³/mol. The zero-order valence-electron chi connectivity index (χ0n) is 12.3. The van der Waals surface area contributed by atoms with Gasteiger partial charge in [-0.15, -0.1) is 0 Å². The van der Waals surface area contributed by atoms with Crippen LogP contribution >= 0.6 is 0 Å². The molecule has 2 N–H and O–H groups in total. The van der Waals surface area contributed by atoms with Gasteiger partial charge in [0.2, 0.25) is 0 Å². The summed E-state index contributed by atoms with van der Waals surface area (Å²) in [6, 6.07) is 7.45. The van der Waals surface area contributed by atoms with Gasteiger partial charge in [-0.05, 0) is 38.5 Å². The number of ether oxygens (including phenoxy) is 2. The minimum Gasteiger partial charge on any atom is -0.497 e. The zero-order valence-corrected chi connectivity index (χ0v) is 12.3. The number of nitrogens with one attached hydrogen (secondary N) is 1. The molecule has 0 saturated carbocycles. The first-order valence-corrected chi connectivity index (χ1v) is 6.65. The van der Waals surface area contributed by atoms with Crippen molar-refractivity contribution in [3.63, 3.8) is 0 Å². The highest BCUT2D eigenvalue weighted by atomic mass is 16.5. The summed E-state index contributed by atoms with van der Waals surface area (Å²) >= 11 is 0. The minimum atomic E-state index is -0.525. The SMILES string of the molecule is CCOC(C)(C)CNCC(O)c1ccc(OC)cc1. The van der Waals surface area contributed by atoms with Crippen molar-refractivity contribution in [3.05, 3.63) is 29.8 Å². The minimum absolute atomic E-state index is 0.214. The number of aliphatic hydroxyl groups excluding tert-OH is 1. The van der Waals surface area contributed by atoms with E-state index in [1.54, 1.807) is 7.11 Å². The largest absolute Gasteiger partial charge is 0.497 e. The van der Waals surface area contributed by atoms with Gasteiger partial charge in [-0.1, -0.05) is 12.1 Å². The number of hydrogen-bond acceptors (Lipinski definition) is 4. The molecule has 0 spiro atoms. The Balaban J connectivity index is 2.40. The van der Waals surface area contributed by atoms with Crippen LogP contribution in [0.15, 0.2) is 24.3 Å². The summed E-state index contributed by atoms with van der Waals surface area (Å²) in [5, 5.41) is 13.3. The molecule has 0 radical (unpaired) electrons. The molecule has 4 heteroatoms. The average Bonchev–Trinajstić information content (AvgIpc) is 2.38. The fourth-order valence-electron chi connectivity index (χ4n) is 1.90. The van der Waals surface area contributed by atoms with Gasteiger partial charge in [0.25, 0.3) is 0 Å². The Labute approximate surface area is 115 Å². The fourth-order valence-corrected chi connectivity index (χ4v) is 1.90. The van der Waals surface area contributed by atoms with Crippen molar-refractivity contribution >= 4 is 0 Å². The van der Waals surface area contributed by atoms with Crippen molar-refractivity contribution in [2.75, 3.05) is 26.8 Å². The molecule has 0 heterocycles. The molecule has 0 aliphatic heterocycles. The molecule has 1 rings (SSSR count). The summed E-state index contributed by atoms with van der Waals surface area (Å²) in [7, 11) is 1.63. The second-order valence-corrected chi connectivity index (χ2v) is 5.11. The molecule has 0 fully saturated rings. The van der Waals surface area contributed by atoms with E-state index in [4.69, 9.17) is 9.47 Å². The lowest BCUT2D eigenvalue weighted by atomic mass is 10.1. The van der Waals surface area contributed by atoms with Crippen LogP contribution in [0.4, 0.5) is 0 Å². The first-order valence-electron chi connectivity index (χ1n) is 6.65. The Kier molecular flexibility index (Phi) is 6.28. The van der Waals surface area contributed by atoms with Crippen LogP contribution in [0.3, 0.4) is 0 Å². The van der Waals surface area contributed by atoms with Crippen molar-refractivity contribution in [1.82, 2.24) is 5.32 Å². The molecule has 1 aromatic carbocycles. The van der Waals surface area contributed by atoms with Gasteiger partial charge in [0, 0.05) is 19.7 Å². The fraction of sp³-hybridized carbons (Fsp3) is 0.600. The van der Waals surface area contributed by atoms with Crippen LogP contribution in [0.5, 0.6) is 5.75 Å². The lowest BCUT2D eigenvalue weighted by molar-refractivity contribution is -0.0104. The van der Waals surface area contributed by atoms with Crippen LogP contribution in [0.25, 0.3) is 0 Å². The molecule has 1 unspecified atom stereocenters. The van der Waals surface area contributed by atoms with E-state index in [-0.39, 0.29) is 5.60 Å². The van der Waals surface area contributed by atoms with Crippen molar-refractivity contribution < 1.29 is 14.6 Å². The highest BCUT2D eigenvalue weighted by molar-refractivity contribution is 5.28. The Morgan fingerprint density at radius 1 is 1.26 bits per heavy atom. The summed E-state index contributed by atoms with van der Waals surface area (Å²) in [4.78, 5) is 0. The Bertz CT molecular complexity index is 362. The van der Waals surface area contributed by atoms with E-state index < -0.39 is 6.10 Å². The van der Waals surface area contributed by atoms with Crippen molar-refractivity contribution in [2.24, 2.45) is 0 Å². The van der Waals surface area contributed by atoms with Gasteiger partial charge < -0.3 is 19.9 Å². The summed E-state index contributed by atoms with van der Waals surface area (Å²) < 4.78 is 10.7. The first kappa shape index (κ1) is 16.0. The lowest BCUT2D eigenvalue weighted by Crippen LogP contribution is -2.39. The van der Waals surface area contributed by atoms with E-state index in [1.807, 2.05) is 45.0 Å². The third-order valence-corrected chi connectivity index (χ3v) is 2.92. The zero-order chi connectivity index (χ0) is 14.3. The van der Waals surface area contributed by atoms with E-state index in [2.05, 4.69) is 5.32 Å². The van der Waals surface area contributed by atoms with Gasteiger partial charge in [-0.25, -0.2) is 0 Å². The Hall–Kier alpha value is -1.10. The van der Waals surface area contributed by atoms with Gasteiger partial charge in [0.1, 0.15) is 5.75 Å². The van der Waals surface area contributed by atoms with E-state index in [0.717, 1.165) is 11.3 Å². The van der Waals surface area contributed by atoms with E-state index in [1.165, 1.54) is 0 Å². The van der Waals surface area contributed by atoms with Gasteiger partial charge in [0.15, 0.2) is 0 Å². The van der Waals surface area contributed by atoms with Crippen LogP contribution in [-0.4, -0.2) is 37.5 Å².